The summed E-state index contributed by atoms with van der Waals surface area (Å²) in [5.74, 6) is 0. The van der Waals surface area contributed by atoms with Crippen LogP contribution in [0.25, 0.3) is 93.5 Å². The number of hydrogen-bond acceptors (Lipinski definition) is 0. The Morgan fingerprint density at radius 3 is 2.07 bits per heavy atom. The zero-order valence-electron chi connectivity index (χ0n) is 35.8. The van der Waals surface area contributed by atoms with E-state index in [9.17, 15) is 0 Å². The fraction of sp³-hybridized carbons (Fsp3) is 0.133. The molecule has 2 aliphatic carbocycles. The van der Waals surface area contributed by atoms with Crippen molar-refractivity contribution in [3.8, 4) is 55.6 Å². The summed E-state index contributed by atoms with van der Waals surface area (Å²) < 4.78 is 0. The van der Waals surface area contributed by atoms with Gasteiger partial charge in [-0.1, -0.05) is 192 Å². The number of allylic oxidation sites excluding steroid dienone is 8. The van der Waals surface area contributed by atoms with Gasteiger partial charge in [0.15, 0.2) is 0 Å². The summed E-state index contributed by atoms with van der Waals surface area (Å²) >= 11 is 0. The van der Waals surface area contributed by atoms with Gasteiger partial charge in [-0.05, 0) is 160 Å². The Balaban J connectivity index is 0.00000121. The highest BCUT2D eigenvalue weighted by atomic mass is 14.4. The van der Waals surface area contributed by atoms with Gasteiger partial charge in [0.2, 0.25) is 0 Å². The molecule has 0 heteroatoms. The third-order valence-electron chi connectivity index (χ3n) is 11.9. The van der Waals surface area contributed by atoms with Gasteiger partial charge in [-0.15, -0.1) is 6.58 Å². The topological polar surface area (TPSA) is 0 Å². The highest BCUT2D eigenvalue weighted by molar-refractivity contribution is 6.28. The van der Waals surface area contributed by atoms with Gasteiger partial charge < -0.3 is 0 Å². The van der Waals surface area contributed by atoms with Crippen LogP contribution in [0.15, 0.2) is 195 Å². The lowest BCUT2D eigenvalue weighted by atomic mass is 9.79. The Bertz CT molecular complexity index is 3020. The molecule has 8 aromatic rings. The number of fused-ring (bicyclic) bond motifs is 9. The van der Waals surface area contributed by atoms with Crippen molar-refractivity contribution >= 4 is 37.9 Å². The fourth-order valence-electron chi connectivity index (χ4n) is 9.59. The molecule has 10 rings (SSSR count). The molecule has 0 nitrogen and oxygen atoms in total. The van der Waals surface area contributed by atoms with Crippen LogP contribution in [0.2, 0.25) is 0 Å². The van der Waals surface area contributed by atoms with Gasteiger partial charge in [0, 0.05) is 0 Å². The smallest absolute Gasteiger partial charge is 0.000719 e. The van der Waals surface area contributed by atoms with E-state index in [0.717, 1.165) is 24.8 Å². The summed E-state index contributed by atoms with van der Waals surface area (Å²) in [6, 6.07) is 52.2. The van der Waals surface area contributed by atoms with Crippen molar-refractivity contribution in [3.63, 3.8) is 0 Å². The minimum Gasteiger partial charge on any atom is -0.103 e. The Kier molecular flexibility index (Phi) is 11.8. The summed E-state index contributed by atoms with van der Waals surface area (Å²) in [6.07, 6.45) is 15.7. The van der Waals surface area contributed by atoms with E-state index in [1.54, 1.807) is 0 Å². The normalized spacial score (nSPS) is 12.6. The van der Waals surface area contributed by atoms with Crippen LogP contribution in [-0.4, -0.2) is 0 Å². The molecule has 0 saturated heterocycles. The highest BCUT2D eigenvalue weighted by Crippen LogP contribution is 2.59. The van der Waals surface area contributed by atoms with Gasteiger partial charge in [-0.25, -0.2) is 0 Å². The maximum absolute atomic E-state index is 4.28. The number of hydrogen-bond donors (Lipinski definition) is 0. The second-order valence-electron chi connectivity index (χ2n) is 15.1. The predicted molar refractivity (Wildman–Crippen MR) is 266 cm³/mol. The first-order chi connectivity index (χ1) is 29.7. The van der Waals surface area contributed by atoms with Crippen LogP contribution in [0.3, 0.4) is 0 Å². The Labute approximate surface area is 357 Å². The van der Waals surface area contributed by atoms with E-state index < -0.39 is 0 Å². The van der Waals surface area contributed by atoms with Gasteiger partial charge >= 0.3 is 0 Å². The van der Waals surface area contributed by atoms with Crippen LogP contribution in [-0.2, 0) is 12.8 Å². The minimum atomic E-state index is 0.767. The maximum Gasteiger partial charge on any atom is -0.000719 e. The van der Waals surface area contributed by atoms with Crippen LogP contribution in [0.5, 0.6) is 0 Å². The van der Waals surface area contributed by atoms with E-state index in [1.165, 1.54) is 110 Å². The molecule has 0 N–H and O–H groups in total. The molecular weight excluding hydrogens is 721 g/mol. The molecule has 0 unspecified atom stereocenters. The van der Waals surface area contributed by atoms with Crippen molar-refractivity contribution in [2.75, 3.05) is 0 Å². The molecule has 0 atom stereocenters. The SMILES string of the molecule is C=C\C=C(/C=C(/C=C\C)CC=C)c1c2c(c(-c3ccc4ccccc4c3)c3ccc(-c4ccccc4)cc13)-c1cccc3c4c(cc-2c13)-c1ccccc1CC4.CC.CC. The molecule has 2 aliphatic rings. The van der Waals surface area contributed by atoms with Crippen LogP contribution >= 0.6 is 0 Å². The molecule has 0 fully saturated rings. The molecule has 0 aromatic heterocycles. The van der Waals surface area contributed by atoms with Crippen molar-refractivity contribution in [2.24, 2.45) is 0 Å². The lowest BCUT2D eigenvalue weighted by molar-refractivity contribution is 0.951. The summed E-state index contributed by atoms with van der Waals surface area (Å²) in [4.78, 5) is 0. The average Bonchev–Trinajstić information content (AvgIpc) is 3.63. The molecule has 8 aromatic carbocycles. The standard InChI is InChI=1S/C56H42.2C2H6/c1-4-15-36(16-5-2)32-42(17-6-3)53-50-34-41(37-18-8-7-9-19-37)29-31-47(50)52(43-27-26-38-20-10-11-22-40(38)33-43)55-48-25-14-24-46-45-30-28-39-21-12-13-23-44(39)49(45)35-51(54(46)48)56(53)55;2*1-2/h4-14,16-27,29,31-35H,1,3,15,28,30H2,2H3;2*1-2H3/b16-5-,36-32+,42-17+;;. The summed E-state index contributed by atoms with van der Waals surface area (Å²) in [7, 11) is 0. The van der Waals surface area contributed by atoms with E-state index >= 15 is 0 Å². The molecule has 0 spiro atoms. The van der Waals surface area contributed by atoms with E-state index in [-0.39, 0.29) is 0 Å². The first-order valence-corrected chi connectivity index (χ1v) is 21.8. The van der Waals surface area contributed by atoms with E-state index in [1.807, 2.05) is 39.8 Å². The third-order valence-corrected chi connectivity index (χ3v) is 11.9. The number of benzene rings is 8. The molecule has 0 bridgehead atoms. The van der Waals surface area contributed by atoms with Crippen LogP contribution in [0.4, 0.5) is 0 Å². The lowest BCUT2D eigenvalue weighted by Gasteiger charge is -2.24. The van der Waals surface area contributed by atoms with Crippen molar-refractivity contribution in [1.29, 1.82) is 0 Å². The minimum absolute atomic E-state index is 0.767. The zero-order chi connectivity index (χ0) is 41.8. The highest BCUT2D eigenvalue weighted by Gasteiger charge is 2.33. The Morgan fingerprint density at radius 2 is 1.28 bits per heavy atom. The van der Waals surface area contributed by atoms with Crippen molar-refractivity contribution in [3.05, 3.63) is 211 Å². The van der Waals surface area contributed by atoms with E-state index in [4.69, 9.17) is 0 Å². The summed E-state index contributed by atoms with van der Waals surface area (Å²) in [5.41, 5.74) is 19.4. The molecule has 0 heterocycles. The van der Waals surface area contributed by atoms with Gasteiger partial charge in [-0.2, -0.15) is 0 Å². The molecule has 0 saturated carbocycles. The quantitative estimate of drug-likeness (QED) is 0.107. The first kappa shape index (κ1) is 40.0. The summed E-state index contributed by atoms with van der Waals surface area (Å²) in [5, 5.41) is 7.70. The predicted octanol–water partition coefficient (Wildman–Crippen LogP) is 17.6. The van der Waals surface area contributed by atoms with Gasteiger partial charge in [-0.3, -0.25) is 0 Å². The monoisotopic (exact) mass is 774 g/mol. The molecule has 0 aliphatic heterocycles. The fourth-order valence-corrected chi connectivity index (χ4v) is 9.59. The van der Waals surface area contributed by atoms with Gasteiger partial charge in [0.1, 0.15) is 0 Å². The van der Waals surface area contributed by atoms with Crippen LogP contribution in [0, 0.1) is 0 Å². The molecule has 60 heavy (non-hydrogen) atoms. The van der Waals surface area contributed by atoms with Crippen LogP contribution in [0.1, 0.15) is 57.7 Å². The Hall–Kier alpha value is -6.76. The lowest BCUT2D eigenvalue weighted by Crippen LogP contribution is -2.05. The van der Waals surface area contributed by atoms with Gasteiger partial charge in [0.05, 0.1) is 0 Å². The van der Waals surface area contributed by atoms with Crippen molar-refractivity contribution < 1.29 is 0 Å². The van der Waals surface area contributed by atoms with E-state index in [0.29, 0.717) is 0 Å². The Morgan fingerprint density at radius 1 is 0.550 bits per heavy atom. The third kappa shape index (κ3) is 6.87. The zero-order valence-corrected chi connectivity index (χ0v) is 35.8. The average molecular weight is 775 g/mol. The van der Waals surface area contributed by atoms with Gasteiger partial charge in [0.25, 0.3) is 0 Å². The van der Waals surface area contributed by atoms with E-state index in [2.05, 4.69) is 184 Å². The molecule has 294 valence electrons. The van der Waals surface area contributed by atoms with Crippen LogP contribution < -0.4 is 0 Å². The second-order valence-corrected chi connectivity index (χ2v) is 15.1. The van der Waals surface area contributed by atoms with Crippen molar-refractivity contribution in [1.82, 2.24) is 0 Å². The number of rotatable bonds is 8. The largest absolute Gasteiger partial charge is 0.103 e. The molecule has 0 amide bonds. The summed E-state index contributed by atoms with van der Waals surface area (Å²) in [6.45, 7) is 18.5. The maximum atomic E-state index is 4.28. The van der Waals surface area contributed by atoms with Crippen molar-refractivity contribution in [2.45, 2.75) is 53.9 Å². The molecule has 0 radical (unpaired) electrons. The first-order valence-electron chi connectivity index (χ1n) is 21.8. The number of aryl methyl sites for hydroxylation is 2. The molecular formula is C60H54. The second kappa shape index (κ2) is 17.6.